The van der Waals surface area contributed by atoms with Crippen LogP contribution in [0.15, 0.2) is 63.5 Å². The van der Waals surface area contributed by atoms with Crippen LogP contribution in [0.3, 0.4) is 0 Å². The number of para-hydroxylation sites is 1. The van der Waals surface area contributed by atoms with E-state index in [1.54, 1.807) is 30.6 Å². The third-order valence-corrected chi connectivity index (χ3v) is 7.47. The minimum Gasteiger partial charge on any atom is -0.491 e. The van der Waals surface area contributed by atoms with Crippen molar-refractivity contribution in [3.05, 3.63) is 88.1 Å². The summed E-state index contributed by atoms with van der Waals surface area (Å²) in [5, 5.41) is 8.78. The van der Waals surface area contributed by atoms with Crippen molar-refractivity contribution in [3.63, 3.8) is 0 Å². The predicted octanol–water partition coefficient (Wildman–Crippen LogP) is 4.09. The Morgan fingerprint density at radius 1 is 1.26 bits per heavy atom. The number of carbonyl (C=O) groups is 1. The summed E-state index contributed by atoms with van der Waals surface area (Å²) in [5.74, 6) is 0.665. The first-order valence-corrected chi connectivity index (χ1v) is 13.9. The van der Waals surface area contributed by atoms with Gasteiger partial charge in [-0.05, 0) is 80.1 Å². The summed E-state index contributed by atoms with van der Waals surface area (Å²) < 4.78 is 19.7. The van der Waals surface area contributed by atoms with Gasteiger partial charge in [0.15, 0.2) is 11.4 Å². The van der Waals surface area contributed by atoms with Gasteiger partial charge in [0.1, 0.15) is 23.6 Å². The predicted molar refractivity (Wildman–Crippen MR) is 153 cm³/mol. The third-order valence-electron chi connectivity index (χ3n) is 5.64. The van der Waals surface area contributed by atoms with Gasteiger partial charge in [0.25, 0.3) is 5.56 Å². The molecule has 0 saturated carbocycles. The highest BCUT2D eigenvalue weighted by molar-refractivity contribution is 14.1. The number of nitriles is 1. The zero-order valence-corrected chi connectivity index (χ0v) is 24.3. The Balaban J connectivity index is 1.91. The number of rotatable bonds is 8. The van der Waals surface area contributed by atoms with Crippen molar-refractivity contribution >= 4 is 46.0 Å². The molecule has 0 unspecified atom stereocenters. The summed E-state index contributed by atoms with van der Waals surface area (Å²) in [6.45, 7) is 7.50. The van der Waals surface area contributed by atoms with Crippen LogP contribution in [-0.4, -0.2) is 29.9 Å². The maximum absolute atomic E-state index is 13.9. The monoisotopic (exact) mass is 643 g/mol. The number of thiazole rings is 1. The molecule has 0 saturated heterocycles. The molecule has 10 heteroatoms. The molecule has 1 aliphatic heterocycles. The summed E-state index contributed by atoms with van der Waals surface area (Å²) in [5.41, 5.74) is 2.01. The number of hydrogen-bond donors (Lipinski definition) is 0. The SMILES string of the molecule is CCOC(=O)C1=C(C)N=c2s/c(=C/c3ccc(OCC#N)c(I)c3)c(=O)n2[C@H]1c1ccccc1OC(C)C. The molecule has 8 nitrogen and oxygen atoms in total. The highest BCUT2D eigenvalue weighted by Crippen LogP contribution is 2.36. The van der Waals surface area contributed by atoms with E-state index < -0.39 is 12.0 Å². The van der Waals surface area contributed by atoms with Gasteiger partial charge in [-0.1, -0.05) is 35.6 Å². The van der Waals surface area contributed by atoms with Gasteiger partial charge in [0.2, 0.25) is 0 Å². The number of hydrogen-bond acceptors (Lipinski definition) is 8. The van der Waals surface area contributed by atoms with Gasteiger partial charge in [0.05, 0.1) is 32.1 Å². The van der Waals surface area contributed by atoms with Gasteiger partial charge in [-0.25, -0.2) is 9.79 Å². The number of aromatic nitrogens is 1. The molecule has 1 aliphatic rings. The van der Waals surface area contributed by atoms with Crippen molar-refractivity contribution in [1.82, 2.24) is 4.57 Å². The fourth-order valence-corrected chi connectivity index (χ4v) is 5.88. The van der Waals surface area contributed by atoms with Crippen LogP contribution in [0.2, 0.25) is 0 Å². The fraction of sp³-hybridized carbons (Fsp3) is 0.286. The lowest BCUT2D eigenvalue weighted by atomic mass is 9.95. The van der Waals surface area contributed by atoms with Crippen molar-refractivity contribution in [2.75, 3.05) is 13.2 Å². The summed E-state index contributed by atoms with van der Waals surface area (Å²) in [4.78, 5) is 32.1. The molecular formula is C28H26IN3O5S. The largest absolute Gasteiger partial charge is 0.491 e. The summed E-state index contributed by atoms with van der Waals surface area (Å²) in [6, 6.07) is 14.1. The number of fused-ring (bicyclic) bond motifs is 1. The van der Waals surface area contributed by atoms with Crippen molar-refractivity contribution < 1.29 is 19.0 Å². The molecule has 1 atom stereocenters. The molecule has 0 spiro atoms. The van der Waals surface area contributed by atoms with E-state index in [0.717, 1.165) is 9.13 Å². The smallest absolute Gasteiger partial charge is 0.338 e. The summed E-state index contributed by atoms with van der Waals surface area (Å²) in [7, 11) is 0. The summed E-state index contributed by atoms with van der Waals surface area (Å²) >= 11 is 3.39. The van der Waals surface area contributed by atoms with Gasteiger partial charge in [-0.15, -0.1) is 0 Å². The minimum atomic E-state index is -0.760. The van der Waals surface area contributed by atoms with E-state index >= 15 is 0 Å². The molecule has 3 aromatic rings. The normalized spacial score (nSPS) is 15.1. The van der Waals surface area contributed by atoms with Crippen LogP contribution in [-0.2, 0) is 9.53 Å². The van der Waals surface area contributed by atoms with Crippen LogP contribution < -0.4 is 24.4 Å². The molecule has 38 heavy (non-hydrogen) atoms. The maximum atomic E-state index is 13.9. The Kier molecular flexibility index (Phi) is 8.69. The lowest BCUT2D eigenvalue weighted by molar-refractivity contribution is -0.139. The van der Waals surface area contributed by atoms with Gasteiger partial charge in [0, 0.05) is 5.56 Å². The van der Waals surface area contributed by atoms with Gasteiger partial charge >= 0.3 is 5.97 Å². The van der Waals surface area contributed by atoms with Crippen LogP contribution in [0.5, 0.6) is 11.5 Å². The lowest BCUT2D eigenvalue weighted by Gasteiger charge is -2.26. The quantitative estimate of drug-likeness (QED) is 0.271. The van der Waals surface area contributed by atoms with E-state index in [9.17, 15) is 9.59 Å². The maximum Gasteiger partial charge on any atom is 0.338 e. The number of allylic oxidation sites excluding steroid dienone is 1. The minimum absolute atomic E-state index is 0.0436. The van der Waals surface area contributed by atoms with Crippen molar-refractivity contribution in [2.45, 2.75) is 39.8 Å². The molecule has 2 heterocycles. The molecule has 0 aliphatic carbocycles. The molecule has 0 radical (unpaired) electrons. The highest BCUT2D eigenvalue weighted by atomic mass is 127. The molecule has 2 aromatic carbocycles. The Morgan fingerprint density at radius 3 is 2.71 bits per heavy atom. The first-order valence-electron chi connectivity index (χ1n) is 12.0. The van der Waals surface area contributed by atoms with E-state index in [1.165, 1.54) is 11.3 Å². The number of ether oxygens (including phenoxy) is 3. The number of halogens is 1. The zero-order chi connectivity index (χ0) is 27.4. The van der Waals surface area contributed by atoms with Gasteiger partial charge in [-0.3, -0.25) is 9.36 Å². The number of carbonyl (C=O) groups excluding carboxylic acids is 1. The summed E-state index contributed by atoms with van der Waals surface area (Å²) in [6.07, 6.45) is 1.68. The Hall–Kier alpha value is -3.43. The van der Waals surface area contributed by atoms with E-state index in [4.69, 9.17) is 19.5 Å². The molecule has 0 amide bonds. The first kappa shape index (κ1) is 27.6. The second kappa shape index (κ2) is 12.0. The molecule has 1 aromatic heterocycles. The van der Waals surface area contributed by atoms with Crippen LogP contribution in [0.25, 0.3) is 6.08 Å². The second-order valence-electron chi connectivity index (χ2n) is 8.64. The van der Waals surface area contributed by atoms with E-state index in [0.29, 0.717) is 37.7 Å². The molecule has 0 fully saturated rings. The van der Waals surface area contributed by atoms with Crippen LogP contribution in [0.1, 0.15) is 44.9 Å². The lowest BCUT2D eigenvalue weighted by Crippen LogP contribution is -2.40. The number of esters is 1. The van der Waals surface area contributed by atoms with Gasteiger partial charge < -0.3 is 14.2 Å². The first-order chi connectivity index (χ1) is 18.2. The zero-order valence-electron chi connectivity index (χ0n) is 21.4. The van der Waals surface area contributed by atoms with Crippen molar-refractivity contribution in [1.29, 1.82) is 5.26 Å². The van der Waals surface area contributed by atoms with Crippen molar-refractivity contribution in [3.8, 4) is 17.6 Å². The van der Waals surface area contributed by atoms with Crippen LogP contribution in [0, 0.1) is 14.9 Å². The molecule has 0 bridgehead atoms. The third kappa shape index (κ3) is 5.68. The molecular weight excluding hydrogens is 617 g/mol. The molecule has 0 N–H and O–H groups in total. The van der Waals surface area contributed by atoms with Crippen LogP contribution in [0.4, 0.5) is 0 Å². The second-order valence-corrected chi connectivity index (χ2v) is 10.8. The van der Waals surface area contributed by atoms with E-state index in [1.807, 2.05) is 56.3 Å². The molecule has 4 rings (SSSR count). The fourth-order valence-electron chi connectivity index (χ4n) is 4.14. The van der Waals surface area contributed by atoms with Crippen LogP contribution >= 0.6 is 33.9 Å². The Morgan fingerprint density at radius 2 is 2.03 bits per heavy atom. The number of benzene rings is 2. The topological polar surface area (TPSA) is 103 Å². The average Bonchev–Trinajstić information content (AvgIpc) is 3.17. The van der Waals surface area contributed by atoms with Gasteiger partial charge in [-0.2, -0.15) is 5.26 Å². The number of nitrogens with zero attached hydrogens (tertiary/aromatic N) is 3. The average molecular weight is 644 g/mol. The standard InChI is InChI=1S/C28H26IN3O5S/c1-5-35-27(34)24-17(4)31-28-32(25(24)19-8-6-7-9-21(19)37-16(2)3)26(33)23(38-28)15-18-10-11-22(20(29)14-18)36-13-12-30/h6-11,14-16,25H,5,13H2,1-4H3/b23-15+/t25-/m0/s1. The molecule has 196 valence electrons. The Bertz CT molecular complexity index is 1630. The highest BCUT2D eigenvalue weighted by Gasteiger charge is 2.35. The van der Waals surface area contributed by atoms with Crippen molar-refractivity contribution in [2.24, 2.45) is 4.99 Å². The van der Waals surface area contributed by atoms with E-state index in [2.05, 4.69) is 27.6 Å². The Labute approximate surface area is 237 Å². The van der Waals surface area contributed by atoms with E-state index in [-0.39, 0.29) is 24.9 Å².